The summed E-state index contributed by atoms with van der Waals surface area (Å²) in [5.74, 6) is -0.0161. The van der Waals surface area contributed by atoms with E-state index in [-0.39, 0.29) is 5.56 Å². The smallest absolute Gasteiger partial charge is 0.161 e. The van der Waals surface area contributed by atoms with Crippen molar-refractivity contribution in [2.75, 3.05) is 19.6 Å². The zero-order chi connectivity index (χ0) is 14.5. The van der Waals surface area contributed by atoms with Crippen LogP contribution in [-0.2, 0) is 0 Å². The number of nitrogens with zero attached hydrogens (tertiary/aromatic N) is 1. The van der Waals surface area contributed by atoms with E-state index in [9.17, 15) is 13.2 Å². The lowest BCUT2D eigenvalue weighted by Gasteiger charge is -2.28. The van der Waals surface area contributed by atoms with E-state index in [0.717, 1.165) is 32.0 Å². The summed E-state index contributed by atoms with van der Waals surface area (Å²) in [7, 11) is 0. The van der Waals surface area contributed by atoms with Crippen molar-refractivity contribution in [2.24, 2.45) is 5.92 Å². The number of likely N-dealkylation sites (tertiary alicyclic amines) is 1. The summed E-state index contributed by atoms with van der Waals surface area (Å²) in [5.41, 5.74) is 0.0787. The Labute approximate surface area is 117 Å². The molecule has 1 aromatic carbocycles. The fraction of sp³-hybridized carbons (Fsp3) is 0.375. The molecule has 0 bridgehead atoms. The van der Waals surface area contributed by atoms with Gasteiger partial charge in [0.25, 0.3) is 0 Å². The van der Waals surface area contributed by atoms with Crippen molar-refractivity contribution in [3.8, 4) is 12.3 Å². The number of allylic oxidation sites excluding steroid dienone is 1. The lowest BCUT2D eigenvalue weighted by molar-refractivity contribution is 0.226. The summed E-state index contributed by atoms with van der Waals surface area (Å²) in [6.45, 7) is 2.45. The third-order valence-electron chi connectivity index (χ3n) is 3.53. The quantitative estimate of drug-likeness (QED) is 0.605. The molecular weight excluding hydrogens is 263 g/mol. The van der Waals surface area contributed by atoms with Crippen molar-refractivity contribution in [1.29, 1.82) is 0 Å². The van der Waals surface area contributed by atoms with Gasteiger partial charge >= 0.3 is 0 Å². The summed E-state index contributed by atoms with van der Waals surface area (Å²) in [6, 6.07) is 1.46. The molecule has 20 heavy (non-hydrogen) atoms. The average molecular weight is 279 g/mol. The lowest BCUT2D eigenvalue weighted by Crippen LogP contribution is -2.33. The first-order valence-corrected chi connectivity index (χ1v) is 6.58. The Kier molecular flexibility index (Phi) is 4.86. The normalized spacial score (nSPS) is 17.5. The van der Waals surface area contributed by atoms with Crippen molar-refractivity contribution in [1.82, 2.24) is 4.90 Å². The van der Waals surface area contributed by atoms with Crippen LogP contribution in [0.15, 0.2) is 18.2 Å². The Morgan fingerprint density at radius 2 is 1.80 bits per heavy atom. The second-order valence-electron chi connectivity index (χ2n) is 4.96. The van der Waals surface area contributed by atoms with Crippen LogP contribution in [-0.4, -0.2) is 24.5 Å². The van der Waals surface area contributed by atoms with E-state index in [2.05, 4.69) is 10.8 Å². The minimum absolute atomic E-state index is 0.0787. The topological polar surface area (TPSA) is 3.24 Å². The number of rotatable bonds is 3. The van der Waals surface area contributed by atoms with Gasteiger partial charge in [-0.2, -0.15) is 0 Å². The van der Waals surface area contributed by atoms with Crippen LogP contribution in [0.3, 0.4) is 0 Å². The molecule has 0 aromatic heterocycles. The van der Waals surface area contributed by atoms with Gasteiger partial charge in [-0.05, 0) is 37.9 Å². The maximum Gasteiger partial charge on any atom is 0.161 e. The minimum atomic E-state index is -1.16. The van der Waals surface area contributed by atoms with Gasteiger partial charge in [0.2, 0.25) is 0 Å². The number of benzene rings is 1. The first kappa shape index (κ1) is 14.7. The van der Waals surface area contributed by atoms with Gasteiger partial charge in [-0.1, -0.05) is 18.1 Å². The molecule has 106 valence electrons. The minimum Gasteiger partial charge on any atom is -0.292 e. The Hall–Kier alpha value is -1.73. The molecule has 0 atom stereocenters. The zero-order valence-corrected chi connectivity index (χ0v) is 11.1. The third-order valence-corrected chi connectivity index (χ3v) is 3.53. The highest BCUT2D eigenvalue weighted by Crippen LogP contribution is 2.21. The van der Waals surface area contributed by atoms with Crippen LogP contribution in [0, 0.1) is 35.7 Å². The fourth-order valence-electron chi connectivity index (χ4n) is 2.34. The molecule has 0 amide bonds. The van der Waals surface area contributed by atoms with Crippen molar-refractivity contribution in [3.63, 3.8) is 0 Å². The molecule has 0 radical (unpaired) electrons. The number of piperidine rings is 1. The molecule has 1 aliphatic rings. The van der Waals surface area contributed by atoms with E-state index in [1.54, 1.807) is 0 Å². The van der Waals surface area contributed by atoms with Crippen LogP contribution in [0.2, 0.25) is 0 Å². The first-order chi connectivity index (χ1) is 9.60. The lowest BCUT2D eigenvalue weighted by atomic mass is 9.95. The maximum absolute atomic E-state index is 13.5. The summed E-state index contributed by atoms with van der Waals surface area (Å²) in [5, 5.41) is 0. The highest BCUT2D eigenvalue weighted by atomic mass is 19.2. The van der Waals surface area contributed by atoms with Crippen LogP contribution in [0.25, 0.3) is 6.08 Å². The summed E-state index contributed by atoms with van der Waals surface area (Å²) in [6.07, 6.45) is 10.5. The molecule has 1 heterocycles. The molecule has 1 aliphatic heterocycles. The summed E-state index contributed by atoms with van der Waals surface area (Å²) >= 11 is 0. The number of hydrogen-bond acceptors (Lipinski definition) is 1. The molecule has 0 unspecified atom stereocenters. The Morgan fingerprint density at radius 1 is 1.15 bits per heavy atom. The van der Waals surface area contributed by atoms with E-state index in [4.69, 9.17) is 6.42 Å². The van der Waals surface area contributed by atoms with Gasteiger partial charge in [-0.25, -0.2) is 13.2 Å². The SMILES string of the molecule is C#CCN1CCC(/C=C/c2cc(F)c(F)cc2F)CC1. The average Bonchev–Trinajstić information content (AvgIpc) is 2.43. The van der Waals surface area contributed by atoms with Gasteiger partial charge in [0.1, 0.15) is 5.82 Å². The monoisotopic (exact) mass is 279 g/mol. The van der Waals surface area contributed by atoms with Crippen molar-refractivity contribution < 1.29 is 13.2 Å². The second kappa shape index (κ2) is 6.62. The Balaban J connectivity index is 1.98. The fourth-order valence-corrected chi connectivity index (χ4v) is 2.34. The van der Waals surface area contributed by atoms with Crippen molar-refractivity contribution in [2.45, 2.75) is 12.8 Å². The highest BCUT2D eigenvalue weighted by molar-refractivity contribution is 5.50. The first-order valence-electron chi connectivity index (χ1n) is 6.58. The van der Waals surface area contributed by atoms with Gasteiger partial charge in [0, 0.05) is 11.6 Å². The van der Waals surface area contributed by atoms with Crippen LogP contribution in [0.4, 0.5) is 13.2 Å². The molecule has 0 spiro atoms. The third kappa shape index (κ3) is 3.64. The molecule has 1 fully saturated rings. The molecule has 1 saturated heterocycles. The van der Waals surface area contributed by atoms with Gasteiger partial charge in [-0.15, -0.1) is 6.42 Å². The highest BCUT2D eigenvalue weighted by Gasteiger charge is 2.16. The van der Waals surface area contributed by atoms with Crippen molar-refractivity contribution >= 4 is 6.08 Å². The number of terminal acetylenes is 1. The molecular formula is C16H16F3N. The van der Waals surface area contributed by atoms with E-state index >= 15 is 0 Å². The number of halogens is 3. The molecule has 0 aliphatic carbocycles. The van der Waals surface area contributed by atoms with E-state index in [1.807, 2.05) is 6.08 Å². The van der Waals surface area contributed by atoms with E-state index in [0.29, 0.717) is 18.5 Å². The second-order valence-corrected chi connectivity index (χ2v) is 4.96. The van der Waals surface area contributed by atoms with Crippen LogP contribution in [0.5, 0.6) is 0 Å². The molecule has 0 saturated carbocycles. The molecule has 1 aromatic rings. The van der Waals surface area contributed by atoms with Crippen LogP contribution < -0.4 is 0 Å². The van der Waals surface area contributed by atoms with Gasteiger partial charge in [0.05, 0.1) is 6.54 Å². The molecule has 1 nitrogen and oxygen atoms in total. The molecule has 0 N–H and O–H groups in total. The Morgan fingerprint density at radius 3 is 2.45 bits per heavy atom. The van der Waals surface area contributed by atoms with Gasteiger partial charge in [0.15, 0.2) is 11.6 Å². The zero-order valence-electron chi connectivity index (χ0n) is 11.1. The van der Waals surface area contributed by atoms with Gasteiger partial charge < -0.3 is 0 Å². The largest absolute Gasteiger partial charge is 0.292 e. The molecule has 4 heteroatoms. The predicted molar refractivity (Wildman–Crippen MR) is 73.3 cm³/mol. The number of hydrogen-bond donors (Lipinski definition) is 0. The van der Waals surface area contributed by atoms with E-state index < -0.39 is 17.5 Å². The maximum atomic E-state index is 13.5. The summed E-state index contributed by atoms with van der Waals surface area (Å²) in [4.78, 5) is 2.18. The Bertz CT molecular complexity index is 537. The van der Waals surface area contributed by atoms with E-state index in [1.165, 1.54) is 6.08 Å². The summed E-state index contributed by atoms with van der Waals surface area (Å²) < 4.78 is 39.3. The molecule has 2 rings (SSSR count). The predicted octanol–water partition coefficient (Wildman–Crippen LogP) is 3.46. The van der Waals surface area contributed by atoms with Crippen LogP contribution in [0.1, 0.15) is 18.4 Å². The standard InChI is InChI=1S/C16H16F3N/c1-2-7-20-8-5-12(6-9-20)3-4-13-10-15(18)16(19)11-14(13)17/h1,3-4,10-12H,5-9H2/b4-3+. The van der Waals surface area contributed by atoms with Gasteiger partial charge in [-0.3, -0.25) is 4.90 Å². The van der Waals surface area contributed by atoms with Crippen LogP contribution >= 0.6 is 0 Å². The van der Waals surface area contributed by atoms with Crippen molar-refractivity contribution in [3.05, 3.63) is 41.2 Å².